The lowest BCUT2D eigenvalue weighted by molar-refractivity contribution is 0.101. The predicted molar refractivity (Wildman–Crippen MR) is 45.2 cm³/mol. The molecule has 2 saturated carbocycles. The first kappa shape index (κ1) is 7.35. The molecule has 0 amide bonds. The maximum absolute atomic E-state index is 9.28. The summed E-state index contributed by atoms with van der Waals surface area (Å²) >= 11 is 0. The summed E-state index contributed by atoms with van der Waals surface area (Å²) in [4.78, 5) is 0. The molecular formula is C10H16O. The summed E-state index contributed by atoms with van der Waals surface area (Å²) in [6.45, 7) is 6.63. The van der Waals surface area contributed by atoms with Crippen molar-refractivity contribution >= 4 is 0 Å². The summed E-state index contributed by atoms with van der Waals surface area (Å²) in [5.74, 6) is 1.35. The Hall–Kier alpha value is -0.300. The van der Waals surface area contributed by atoms with E-state index in [2.05, 4.69) is 13.5 Å². The average molecular weight is 152 g/mol. The van der Waals surface area contributed by atoms with Gasteiger partial charge >= 0.3 is 0 Å². The number of hydrogen-bond acceptors (Lipinski definition) is 1. The molecule has 0 aromatic heterocycles. The SMILES string of the molecule is C=C1CC2CCC1C2(C)CO. The van der Waals surface area contributed by atoms with Crippen LogP contribution >= 0.6 is 0 Å². The molecule has 2 aliphatic rings. The Labute approximate surface area is 68.1 Å². The number of rotatable bonds is 1. The van der Waals surface area contributed by atoms with Crippen LogP contribution in [0.2, 0.25) is 0 Å². The summed E-state index contributed by atoms with van der Waals surface area (Å²) in [5.41, 5.74) is 1.58. The lowest BCUT2D eigenvalue weighted by Gasteiger charge is -2.26. The van der Waals surface area contributed by atoms with E-state index in [4.69, 9.17) is 0 Å². The molecule has 11 heavy (non-hydrogen) atoms. The second-order valence-corrected chi connectivity index (χ2v) is 4.35. The third-order valence-electron chi connectivity index (χ3n) is 3.87. The Morgan fingerprint density at radius 1 is 1.64 bits per heavy atom. The van der Waals surface area contributed by atoms with Crippen LogP contribution < -0.4 is 0 Å². The van der Waals surface area contributed by atoms with Gasteiger partial charge in [-0.15, -0.1) is 0 Å². The molecule has 0 heterocycles. The maximum atomic E-state index is 9.28. The van der Waals surface area contributed by atoms with Gasteiger partial charge in [0.2, 0.25) is 0 Å². The lowest BCUT2D eigenvalue weighted by atomic mass is 9.80. The molecular weight excluding hydrogens is 136 g/mol. The molecule has 0 aromatic carbocycles. The second-order valence-electron chi connectivity index (χ2n) is 4.35. The fraction of sp³-hybridized carbons (Fsp3) is 0.800. The molecule has 62 valence electrons. The lowest BCUT2D eigenvalue weighted by Crippen LogP contribution is -2.26. The van der Waals surface area contributed by atoms with Crippen molar-refractivity contribution in [1.29, 1.82) is 0 Å². The van der Waals surface area contributed by atoms with Gasteiger partial charge in [-0.05, 0) is 31.1 Å². The zero-order chi connectivity index (χ0) is 8.06. The van der Waals surface area contributed by atoms with Crippen LogP contribution in [0.5, 0.6) is 0 Å². The van der Waals surface area contributed by atoms with Crippen LogP contribution in [0.25, 0.3) is 0 Å². The molecule has 2 bridgehead atoms. The number of fused-ring (bicyclic) bond motifs is 2. The predicted octanol–water partition coefficient (Wildman–Crippen LogP) is 1.97. The van der Waals surface area contributed by atoms with E-state index in [1.807, 2.05) is 0 Å². The number of allylic oxidation sites excluding steroid dienone is 1. The van der Waals surface area contributed by atoms with Gasteiger partial charge in [0.15, 0.2) is 0 Å². The summed E-state index contributed by atoms with van der Waals surface area (Å²) < 4.78 is 0. The first-order chi connectivity index (χ1) is 5.18. The fourth-order valence-corrected chi connectivity index (χ4v) is 3.02. The number of aliphatic hydroxyl groups excluding tert-OH is 1. The third kappa shape index (κ3) is 0.750. The van der Waals surface area contributed by atoms with E-state index in [0.29, 0.717) is 12.5 Å². The van der Waals surface area contributed by atoms with E-state index >= 15 is 0 Å². The zero-order valence-corrected chi connectivity index (χ0v) is 7.14. The van der Waals surface area contributed by atoms with Crippen LogP contribution in [0.4, 0.5) is 0 Å². The maximum Gasteiger partial charge on any atom is 0.0493 e. The Kier molecular flexibility index (Phi) is 1.40. The van der Waals surface area contributed by atoms with Crippen molar-refractivity contribution in [3.05, 3.63) is 12.2 Å². The summed E-state index contributed by atoms with van der Waals surface area (Å²) in [6, 6.07) is 0. The molecule has 1 nitrogen and oxygen atoms in total. The van der Waals surface area contributed by atoms with Gasteiger partial charge in [0.1, 0.15) is 0 Å². The van der Waals surface area contributed by atoms with Crippen molar-refractivity contribution < 1.29 is 5.11 Å². The first-order valence-corrected chi connectivity index (χ1v) is 4.47. The fourth-order valence-electron chi connectivity index (χ4n) is 3.02. The molecule has 0 aliphatic heterocycles. The normalized spacial score (nSPS) is 48.7. The molecule has 0 saturated heterocycles. The van der Waals surface area contributed by atoms with Crippen LogP contribution in [-0.2, 0) is 0 Å². The molecule has 1 N–H and O–H groups in total. The molecule has 2 rings (SSSR count). The molecule has 0 spiro atoms. The Morgan fingerprint density at radius 2 is 2.36 bits per heavy atom. The Morgan fingerprint density at radius 3 is 2.64 bits per heavy atom. The van der Waals surface area contributed by atoms with Crippen molar-refractivity contribution in [2.75, 3.05) is 6.61 Å². The molecule has 3 unspecified atom stereocenters. The van der Waals surface area contributed by atoms with Crippen LogP contribution in [0.3, 0.4) is 0 Å². The standard InChI is InChI=1S/C10H16O/c1-7-5-8-3-4-9(7)10(8,2)6-11/h8-9,11H,1,3-6H2,2H3. The highest BCUT2D eigenvalue weighted by Crippen LogP contribution is 2.59. The third-order valence-corrected chi connectivity index (χ3v) is 3.87. The largest absolute Gasteiger partial charge is 0.396 e. The van der Waals surface area contributed by atoms with Crippen molar-refractivity contribution in [3.8, 4) is 0 Å². The van der Waals surface area contributed by atoms with Gasteiger partial charge in [0.05, 0.1) is 0 Å². The van der Waals surface area contributed by atoms with Crippen molar-refractivity contribution in [2.24, 2.45) is 17.3 Å². The van der Waals surface area contributed by atoms with E-state index in [1.54, 1.807) is 0 Å². The Balaban J connectivity index is 2.31. The summed E-state index contributed by atoms with van der Waals surface area (Å²) in [7, 11) is 0. The highest BCUT2D eigenvalue weighted by atomic mass is 16.3. The molecule has 0 radical (unpaired) electrons. The minimum Gasteiger partial charge on any atom is -0.396 e. The van der Waals surface area contributed by atoms with Gasteiger partial charge in [-0.2, -0.15) is 0 Å². The van der Waals surface area contributed by atoms with Crippen molar-refractivity contribution in [3.63, 3.8) is 0 Å². The Bertz CT molecular complexity index is 197. The molecule has 3 atom stereocenters. The number of hydrogen-bond donors (Lipinski definition) is 1. The smallest absolute Gasteiger partial charge is 0.0493 e. The van der Waals surface area contributed by atoms with Crippen LogP contribution in [-0.4, -0.2) is 11.7 Å². The molecule has 2 fully saturated rings. The minimum atomic E-state index is 0.192. The van der Waals surface area contributed by atoms with Crippen LogP contribution in [0, 0.1) is 17.3 Å². The van der Waals surface area contributed by atoms with Crippen molar-refractivity contribution in [2.45, 2.75) is 26.2 Å². The quantitative estimate of drug-likeness (QED) is 0.569. The zero-order valence-electron chi connectivity index (χ0n) is 7.14. The van der Waals surface area contributed by atoms with E-state index < -0.39 is 0 Å². The molecule has 0 aromatic rings. The summed E-state index contributed by atoms with van der Waals surface area (Å²) in [5, 5.41) is 9.28. The van der Waals surface area contributed by atoms with Crippen LogP contribution in [0.15, 0.2) is 12.2 Å². The molecule has 1 heteroatoms. The van der Waals surface area contributed by atoms with Gasteiger partial charge in [0.25, 0.3) is 0 Å². The highest BCUT2D eigenvalue weighted by Gasteiger charge is 2.52. The van der Waals surface area contributed by atoms with Gasteiger partial charge in [-0.25, -0.2) is 0 Å². The van der Waals surface area contributed by atoms with E-state index in [-0.39, 0.29) is 5.41 Å². The summed E-state index contributed by atoms with van der Waals surface area (Å²) in [6.07, 6.45) is 3.74. The molecule has 2 aliphatic carbocycles. The van der Waals surface area contributed by atoms with E-state index in [9.17, 15) is 5.11 Å². The first-order valence-electron chi connectivity index (χ1n) is 4.47. The van der Waals surface area contributed by atoms with Crippen molar-refractivity contribution in [1.82, 2.24) is 0 Å². The number of aliphatic hydroxyl groups is 1. The van der Waals surface area contributed by atoms with E-state index in [1.165, 1.54) is 24.8 Å². The highest BCUT2D eigenvalue weighted by molar-refractivity contribution is 5.20. The minimum absolute atomic E-state index is 0.192. The van der Waals surface area contributed by atoms with Gasteiger partial charge in [-0.1, -0.05) is 19.1 Å². The van der Waals surface area contributed by atoms with E-state index in [0.717, 1.165) is 5.92 Å². The monoisotopic (exact) mass is 152 g/mol. The van der Waals surface area contributed by atoms with Gasteiger partial charge < -0.3 is 5.11 Å². The second kappa shape index (κ2) is 2.10. The van der Waals surface area contributed by atoms with Crippen LogP contribution in [0.1, 0.15) is 26.2 Å². The van der Waals surface area contributed by atoms with Gasteiger partial charge in [0, 0.05) is 12.0 Å². The van der Waals surface area contributed by atoms with Gasteiger partial charge in [-0.3, -0.25) is 0 Å². The average Bonchev–Trinajstić information content (AvgIpc) is 2.42. The topological polar surface area (TPSA) is 20.2 Å².